The van der Waals surface area contributed by atoms with Crippen molar-refractivity contribution in [1.82, 2.24) is 15.3 Å². The maximum absolute atomic E-state index is 9.22. The van der Waals surface area contributed by atoms with Crippen molar-refractivity contribution in [2.24, 2.45) is 5.92 Å². The minimum absolute atomic E-state index is 0.439. The van der Waals surface area contributed by atoms with Crippen LogP contribution < -0.4 is 15.1 Å². The van der Waals surface area contributed by atoms with Gasteiger partial charge in [-0.15, -0.1) is 0 Å². The molecule has 3 fully saturated rings. The first-order valence-corrected chi connectivity index (χ1v) is 14.3. The SMILES string of the molecule is N#Cc1ccc(N2CCC3C(CNC4CCCCC4N3c3cc(-c4cncc5ccccc45)ccn3)C2)cc1. The van der Waals surface area contributed by atoms with Crippen LogP contribution in [0, 0.1) is 17.2 Å². The van der Waals surface area contributed by atoms with Gasteiger partial charge in [-0.2, -0.15) is 5.26 Å². The zero-order chi connectivity index (χ0) is 26.2. The van der Waals surface area contributed by atoms with Gasteiger partial charge >= 0.3 is 0 Å². The highest BCUT2D eigenvalue weighted by Crippen LogP contribution is 2.38. The van der Waals surface area contributed by atoms with Crippen molar-refractivity contribution in [1.29, 1.82) is 5.26 Å². The normalized spacial score (nSPS) is 24.9. The molecule has 3 aliphatic rings. The van der Waals surface area contributed by atoms with Gasteiger partial charge in [0.1, 0.15) is 5.82 Å². The summed E-state index contributed by atoms with van der Waals surface area (Å²) in [6, 6.07) is 24.7. The summed E-state index contributed by atoms with van der Waals surface area (Å²) in [4.78, 5) is 14.8. The number of piperidine rings is 1. The smallest absolute Gasteiger partial charge is 0.129 e. The summed E-state index contributed by atoms with van der Waals surface area (Å²) in [5, 5.41) is 15.6. The molecule has 1 N–H and O–H groups in total. The van der Waals surface area contributed by atoms with Crippen LogP contribution >= 0.6 is 0 Å². The van der Waals surface area contributed by atoms with Crippen molar-refractivity contribution < 1.29 is 0 Å². The Morgan fingerprint density at radius 3 is 2.69 bits per heavy atom. The number of nitrogens with zero attached hydrogens (tertiary/aromatic N) is 5. The summed E-state index contributed by atoms with van der Waals surface area (Å²) < 4.78 is 0. The molecule has 6 nitrogen and oxygen atoms in total. The minimum Gasteiger partial charge on any atom is -0.371 e. The second-order valence-electron chi connectivity index (χ2n) is 11.3. The van der Waals surface area contributed by atoms with Gasteiger partial charge in [-0.1, -0.05) is 37.1 Å². The van der Waals surface area contributed by atoms with Crippen LogP contribution in [0.25, 0.3) is 21.9 Å². The molecule has 6 heteroatoms. The Morgan fingerprint density at radius 1 is 0.923 bits per heavy atom. The van der Waals surface area contributed by atoms with Crippen molar-refractivity contribution >= 4 is 22.3 Å². The molecule has 4 heterocycles. The van der Waals surface area contributed by atoms with E-state index in [0.29, 0.717) is 29.6 Å². The van der Waals surface area contributed by atoms with Crippen molar-refractivity contribution in [2.75, 3.05) is 29.4 Å². The molecule has 39 heavy (non-hydrogen) atoms. The second kappa shape index (κ2) is 10.3. The molecule has 0 amide bonds. The van der Waals surface area contributed by atoms with E-state index in [2.05, 4.69) is 74.7 Å². The van der Waals surface area contributed by atoms with E-state index in [1.807, 2.05) is 30.7 Å². The van der Waals surface area contributed by atoms with Crippen molar-refractivity contribution in [2.45, 2.75) is 50.2 Å². The van der Waals surface area contributed by atoms with Gasteiger partial charge in [0.2, 0.25) is 0 Å². The quantitative estimate of drug-likeness (QED) is 0.374. The first-order valence-electron chi connectivity index (χ1n) is 14.3. The third-order valence-electron chi connectivity index (χ3n) is 9.13. The molecule has 0 radical (unpaired) electrons. The summed E-state index contributed by atoms with van der Waals surface area (Å²) in [5.74, 6) is 1.59. The molecule has 1 saturated carbocycles. The summed E-state index contributed by atoms with van der Waals surface area (Å²) in [6.07, 6.45) is 12.0. The monoisotopic (exact) mass is 514 g/mol. The van der Waals surface area contributed by atoms with E-state index in [1.54, 1.807) is 0 Å². The van der Waals surface area contributed by atoms with E-state index in [9.17, 15) is 5.26 Å². The van der Waals surface area contributed by atoms with Crippen LogP contribution in [0.15, 0.2) is 79.3 Å². The van der Waals surface area contributed by atoms with E-state index in [0.717, 1.165) is 42.8 Å². The summed E-state index contributed by atoms with van der Waals surface area (Å²) in [7, 11) is 0. The highest BCUT2D eigenvalue weighted by Gasteiger charge is 2.43. The average Bonchev–Trinajstić information content (AvgIpc) is 3.17. The maximum Gasteiger partial charge on any atom is 0.129 e. The summed E-state index contributed by atoms with van der Waals surface area (Å²) >= 11 is 0. The number of hydrogen-bond donors (Lipinski definition) is 1. The highest BCUT2D eigenvalue weighted by atomic mass is 15.3. The zero-order valence-electron chi connectivity index (χ0n) is 22.2. The fourth-order valence-electron chi connectivity index (χ4n) is 7.21. The number of aromatic nitrogens is 2. The number of nitriles is 1. The molecule has 196 valence electrons. The lowest BCUT2D eigenvalue weighted by molar-refractivity contribution is 0.316. The van der Waals surface area contributed by atoms with E-state index in [1.165, 1.54) is 42.3 Å². The van der Waals surface area contributed by atoms with Crippen LogP contribution in [0.2, 0.25) is 0 Å². The van der Waals surface area contributed by atoms with Gasteiger partial charge in [0.15, 0.2) is 0 Å². The predicted molar refractivity (Wildman–Crippen MR) is 157 cm³/mol. The Morgan fingerprint density at radius 2 is 1.79 bits per heavy atom. The number of hydrogen-bond acceptors (Lipinski definition) is 6. The van der Waals surface area contributed by atoms with Crippen molar-refractivity contribution in [3.63, 3.8) is 0 Å². The molecule has 1 aliphatic carbocycles. The fraction of sp³-hybridized carbons (Fsp3) is 0.364. The first kappa shape index (κ1) is 24.1. The van der Waals surface area contributed by atoms with E-state index in [4.69, 9.17) is 4.98 Å². The Balaban J connectivity index is 1.24. The fourth-order valence-corrected chi connectivity index (χ4v) is 7.21. The highest BCUT2D eigenvalue weighted by molar-refractivity contribution is 5.96. The van der Waals surface area contributed by atoms with Crippen molar-refractivity contribution in [3.8, 4) is 17.2 Å². The molecule has 0 spiro atoms. The van der Waals surface area contributed by atoms with Crippen LogP contribution in [0.4, 0.5) is 11.5 Å². The second-order valence-corrected chi connectivity index (χ2v) is 11.3. The van der Waals surface area contributed by atoms with Crippen LogP contribution in [0.1, 0.15) is 37.7 Å². The number of anilines is 2. The predicted octanol–water partition coefficient (Wildman–Crippen LogP) is 5.78. The molecule has 7 rings (SSSR count). The van der Waals surface area contributed by atoms with Gasteiger partial charge in [-0.25, -0.2) is 4.98 Å². The molecular formula is C33H34N6. The summed E-state index contributed by atoms with van der Waals surface area (Å²) in [6.45, 7) is 3.04. The first-order chi connectivity index (χ1) is 19.3. The Labute approximate surface area is 230 Å². The van der Waals surface area contributed by atoms with Crippen LogP contribution in [-0.4, -0.2) is 47.7 Å². The average molecular weight is 515 g/mol. The number of pyridine rings is 2. The minimum atomic E-state index is 0.439. The topological polar surface area (TPSA) is 68.1 Å². The van der Waals surface area contributed by atoms with Gasteiger partial charge < -0.3 is 15.1 Å². The van der Waals surface area contributed by atoms with Crippen molar-refractivity contribution in [3.05, 3.63) is 84.8 Å². The standard InChI is InChI=1S/C33H34N6/c34-18-23-9-11-27(12-10-23)38-16-14-31-26(22-38)20-37-30-7-3-4-8-32(30)39(31)33-17-24(13-15-36-33)29-21-35-19-25-5-1-2-6-28(25)29/h1-2,5-6,9-13,15,17,19,21,26,30-32,37H,3-4,7-8,14,16,20,22H2. The molecule has 0 bridgehead atoms. The lowest BCUT2D eigenvalue weighted by atomic mass is 9.86. The number of fused-ring (bicyclic) bond motifs is 3. The maximum atomic E-state index is 9.22. The Hall–Kier alpha value is -3.95. The van der Waals surface area contributed by atoms with E-state index in [-0.39, 0.29) is 0 Å². The molecular weight excluding hydrogens is 480 g/mol. The number of rotatable bonds is 3. The Bertz CT molecular complexity index is 1500. The molecule has 2 aromatic carbocycles. The Kier molecular flexibility index (Phi) is 6.38. The van der Waals surface area contributed by atoms with Gasteiger partial charge in [0, 0.05) is 78.9 Å². The molecule has 2 aliphatic heterocycles. The van der Waals surface area contributed by atoms with Crippen LogP contribution in [-0.2, 0) is 0 Å². The van der Waals surface area contributed by atoms with Gasteiger partial charge in [-0.05, 0) is 66.6 Å². The largest absolute Gasteiger partial charge is 0.371 e. The third kappa shape index (κ3) is 4.51. The van der Waals surface area contributed by atoms with Gasteiger partial charge in [0.25, 0.3) is 0 Å². The molecule has 2 aromatic heterocycles. The number of benzene rings is 2. The molecule has 4 atom stereocenters. The summed E-state index contributed by atoms with van der Waals surface area (Å²) in [5.41, 5.74) is 4.27. The van der Waals surface area contributed by atoms with E-state index >= 15 is 0 Å². The van der Waals surface area contributed by atoms with E-state index < -0.39 is 0 Å². The lowest BCUT2D eigenvalue weighted by Gasteiger charge is -2.47. The zero-order valence-corrected chi connectivity index (χ0v) is 22.2. The third-order valence-corrected chi connectivity index (χ3v) is 9.13. The van der Waals surface area contributed by atoms with Crippen LogP contribution in [0.3, 0.4) is 0 Å². The van der Waals surface area contributed by atoms with Gasteiger partial charge in [-0.3, -0.25) is 4.98 Å². The van der Waals surface area contributed by atoms with Gasteiger partial charge in [0.05, 0.1) is 11.6 Å². The lowest BCUT2D eigenvalue weighted by Crippen LogP contribution is -2.56. The number of nitrogens with one attached hydrogen (secondary N) is 1. The molecule has 4 unspecified atom stereocenters. The molecule has 2 saturated heterocycles. The van der Waals surface area contributed by atoms with Crippen LogP contribution in [0.5, 0.6) is 0 Å². The molecule has 4 aromatic rings.